The monoisotopic (exact) mass is 711 g/mol. The molecule has 1 unspecified atom stereocenters. The summed E-state index contributed by atoms with van der Waals surface area (Å²) in [7, 11) is 0. The lowest BCUT2D eigenvalue weighted by Gasteiger charge is -2.44. The molecule has 2 amide bonds. The standard InChI is InChI=1S/C30H32F3N5O12/c1-13-22(23(35-29(44)34-13)18-6-8-19(9-7-18)30(31,32)33)28(43)46-11-20-10-38(37-36-20)27-26(49-17(5)42)25(48-16(4)41)24(47-15(3)40)21(50-27)12-45-14(2)39/h6-10,21,23-27H,11-12H2,1-5H3,(H2,34,35,44)/t21-,23?,24+,25+,26-,27-/m1/s1. The van der Waals surface area contributed by atoms with E-state index in [9.17, 15) is 41.9 Å². The summed E-state index contributed by atoms with van der Waals surface area (Å²) >= 11 is 0. The summed E-state index contributed by atoms with van der Waals surface area (Å²) in [6, 6.07) is 2.02. The second-order valence-corrected chi connectivity index (χ2v) is 11.0. The third kappa shape index (κ3) is 9.12. The Balaban J connectivity index is 1.59. The smallest absolute Gasteiger partial charge is 0.416 e. The van der Waals surface area contributed by atoms with Crippen LogP contribution in [0.2, 0.25) is 0 Å². The molecule has 50 heavy (non-hydrogen) atoms. The van der Waals surface area contributed by atoms with Gasteiger partial charge in [0.15, 0.2) is 24.5 Å². The van der Waals surface area contributed by atoms with Gasteiger partial charge in [-0.15, -0.1) is 5.10 Å². The van der Waals surface area contributed by atoms with Gasteiger partial charge >= 0.3 is 42.1 Å². The van der Waals surface area contributed by atoms with Gasteiger partial charge in [-0.25, -0.2) is 14.3 Å². The van der Waals surface area contributed by atoms with E-state index in [0.29, 0.717) is 0 Å². The molecule has 2 aromatic rings. The molecule has 1 aromatic carbocycles. The Morgan fingerprint density at radius 3 is 2.06 bits per heavy atom. The number of carbonyl (C=O) groups is 6. The lowest BCUT2D eigenvalue weighted by molar-refractivity contribution is -0.270. The van der Waals surface area contributed by atoms with Crippen molar-refractivity contribution in [3.05, 3.63) is 58.6 Å². The molecule has 270 valence electrons. The molecule has 4 rings (SSSR count). The summed E-state index contributed by atoms with van der Waals surface area (Å²) < 4.78 is 73.0. The number of benzene rings is 1. The predicted octanol–water partition coefficient (Wildman–Crippen LogP) is 1.92. The molecule has 0 spiro atoms. The first-order valence-corrected chi connectivity index (χ1v) is 14.8. The highest BCUT2D eigenvalue weighted by atomic mass is 19.4. The fourth-order valence-corrected chi connectivity index (χ4v) is 5.22. The predicted molar refractivity (Wildman–Crippen MR) is 156 cm³/mol. The molecule has 1 fully saturated rings. The van der Waals surface area contributed by atoms with Crippen LogP contribution >= 0.6 is 0 Å². The Kier molecular flexibility index (Phi) is 11.4. The van der Waals surface area contributed by atoms with Gasteiger partial charge in [0.2, 0.25) is 0 Å². The quantitative estimate of drug-likeness (QED) is 0.266. The lowest BCUT2D eigenvalue weighted by atomic mass is 9.95. The number of allylic oxidation sites excluding steroid dienone is 1. The number of nitrogens with one attached hydrogen (secondary N) is 2. The van der Waals surface area contributed by atoms with Crippen molar-refractivity contribution in [2.45, 2.75) is 84.1 Å². The van der Waals surface area contributed by atoms with E-state index in [4.69, 9.17) is 28.4 Å². The zero-order valence-corrected chi connectivity index (χ0v) is 27.1. The molecule has 0 aliphatic carbocycles. The maximum Gasteiger partial charge on any atom is 0.416 e. The average Bonchev–Trinajstić information content (AvgIpc) is 3.48. The zero-order chi connectivity index (χ0) is 36.9. The van der Waals surface area contributed by atoms with Gasteiger partial charge in [-0.3, -0.25) is 19.2 Å². The first kappa shape index (κ1) is 37.3. The maximum atomic E-state index is 13.3. The second kappa shape index (κ2) is 15.3. The van der Waals surface area contributed by atoms with E-state index in [1.165, 1.54) is 13.1 Å². The lowest BCUT2D eigenvalue weighted by Crippen LogP contribution is -2.60. The SMILES string of the molecule is CC(=O)OC[C@H]1O[C@@H](n2cc(COC(=O)C3=C(C)NC(=O)NC3c3ccc(C(F)(F)F)cc3)nn2)[C@H](OC(C)=O)[C@@H](OC(C)=O)[C@H]1OC(C)=O. The van der Waals surface area contributed by atoms with E-state index in [1.807, 2.05) is 0 Å². The maximum absolute atomic E-state index is 13.3. The number of esters is 5. The van der Waals surface area contributed by atoms with Gasteiger partial charge in [0.05, 0.1) is 23.4 Å². The largest absolute Gasteiger partial charge is 0.463 e. The van der Waals surface area contributed by atoms with Gasteiger partial charge in [-0.1, -0.05) is 17.3 Å². The minimum atomic E-state index is -4.60. The highest BCUT2D eigenvalue weighted by Crippen LogP contribution is 2.35. The summed E-state index contributed by atoms with van der Waals surface area (Å²) in [6.45, 7) is 4.74. The molecule has 3 heterocycles. The highest BCUT2D eigenvalue weighted by Gasteiger charge is 2.53. The van der Waals surface area contributed by atoms with Crippen molar-refractivity contribution in [2.75, 3.05) is 6.61 Å². The van der Waals surface area contributed by atoms with Gasteiger partial charge in [0.1, 0.15) is 25.0 Å². The van der Waals surface area contributed by atoms with Crippen molar-refractivity contribution in [1.29, 1.82) is 0 Å². The van der Waals surface area contributed by atoms with Crippen LogP contribution in [0.1, 0.15) is 63.7 Å². The third-order valence-corrected chi connectivity index (χ3v) is 7.20. The summed E-state index contributed by atoms with van der Waals surface area (Å²) in [4.78, 5) is 73.3. The van der Waals surface area contributed by atoms with Crippen molar-refractivity contribution in [3.8, 4) is 0 Å². The summed E-state index contributed by atoms with van der Waals surface area (Å²) in [6.07, 6.45) is -10.4. The number of carbonyl (C=O) groups excluding carboxylic acids is 6. The van der Waals surface area contributed by atoms with Gasteiger partial charge in [0.25, 0.3) is 0 Å². The molecule has 1 aromatic heterocycles. The molecule has 1 saturated heterocycles. The van der Waals surface area contributed by atoms with Crippen molar-refractivity contribution >= 4 is 35.9 Å². The average molecular weight is 712 g/mol. The van der Waals surface area contributed by atoms with Crippen LogP contribution in [-0.4, -0.2) is 81.9 Å². The normalized spacial score (nSPS) is 23.6. The molecule has 17 nitrogen and oxygen atoms in total. The van der Waals surface area contributed by atoms with Gasteiger partial charge in [-0.05, 0) is 24.6 Å². The van der Waals surface area contributed by atoms with Crippen LogP contribution in [0, 0.1) is 0 Å². The van der Waals surface area contributed by atoms with Crippen molar-refractivity contribution in [3.63, 3.8) is 0 Å². The number of rotatable bonds is 10. The van der Waals surface area contributed by atoms with Crippen LogP contribution in [0.15, 0.2) is 41.7 Å². The molecule has 0 bridgehead atoms. The van der Waals surface area contributed by atoms with E-state index in [-0.39, 0.29) is 22.5 Å². The Hall–Kier alpha value is -5.53. The minimum Gasteiger partial charge on any atom is -0.463 e. The van der Waals surface area contributed by atoms with E-state index < -0.39 is 97.5 Å². The van der Waals surface area contributed by atoms with Crippen LogP contribution in [0.25, 0.3) is 0 Å². The first-order chi connectivity index (χ1) is 23.4. The van der Waals surface area contributed by atoms with Gasteiger partial charge in [0, 0.05) is 33.4 Å². The number of alkyl halides is 3. The Labute approximate surface area is 281 Å². The molecule has 6 atom stereocenters. The number of urea groups is 1. The minimum absolute atomic E-state index is 0.0170. The number of halogens is 3. The van der Waals surface area contributed by atoms with Crippen molar-refractivity contribution in [2.24, 2.45) is 0 Å². The molecule has 20 heteroatoms. The van der Waals surface area contributed by atoms with Gasteiger partial charge < -0.3 is 39.1 Å². The van der Waals surface area contributed by atoms with Crippen molar-refractivity contribution in [1.82, 2.24) is 25.6 Å². The van der Waals surface area contributed by atoms with Crippen LogP contribution in [-0.2, 0) is 65.2 Å². The molecule has 2 N–H and O–H groups in total. The van der Waals surface area contributed by atoms with Crippen LogP contribution < -0.4 is 10.6 Å². The van der Waals surface area contributed by atoms with Crippen LogP contribution in [0.3, 0.4) is 0 Å². The molecule has 2 aliphatic heterocycles. The fraction of sp³-hybridized carbons (Fsp3) is 0.467. The van der Waals surface area contributed by atoms with E-state index in [0.717, 1.165) is 56.6 Å². The molecule has 0 saturated carbocycles. The number of aromatic nitrogens is 3. The molecule has 0 radical (unpaired) electrons. The van der Waals surface area contributed by atoms with E-state index >= 15 is 0 Å². The zero-order valence-electron chi connectivity index (χ0n) is 27.1. The van der Waals surface area contributed by atoms with Crippen molar-refractivity contribution < 1.29 is 70.4 Å². The summed E-state index contributed by atoms with van der Waals surface area (Å²) in [5.41, 5.74) is -0.746. The van der Waals surface area contributed by atoms with E-state index in [1.54, 1.807) is 0 Å². The van der Waals surface area contributed by atoms with Crippen LogP contribution in [0.5, 0.6) is 0 Å². The molecule has 2 aliphatic rings. The summed E-state index contributed by atoms with van der Waals surface area (Å²) in [5.74, 6) is -4.15. The summed E-state index contributed by atoms with van der Waals surface area (Å²) in [5, 5.41) is 12.8. The Morgan fingerprint density at radius 2 is 1.48 bits per heavy atom. The molecular formula is C30H32F3N5O12. The fourth-order valence-electron chi connectivity index (χ4n) is 5.22. The Bertz CT molecular complexity index is 1680. The Morgan fingerprint density at radius 1 is 0.880 bits per heavy atom. The number of amides is 2. The molecular weight excluding hydrogens is 679 g/mol. The number of hydrogen-bond donors (Lipinski definition) is 2. The van der Waals surface area contributed by atoms with E-state index in [2.05, 4.69) is 20.9 Å². The second-order valence-electron chi connectivity index (χ2n) is 11.0. The number of hydrogen-bond acceptors (Lipinski definition) is 14. The van der Waals surface area contributed by atoms with Gasteiger partial charge in [-0.2, -0.15) is 13.2 Å². The highest BCUT2D eigenvalue weighted by molar-refractivity contribution is 5.95. The third-order valence-electron chi connectivity index (χ3n) is 7.20. The number of nitrogens with zero attached hydrogens (tertiary/aromatic N) is 3. The topological polar surface area (TPSA) is 213 Å². The first-order valence-electron chi connectivity index (χ1n) is 14.8. The number of ether oxygens (including phenoxy) is 6. The van der Waals surface area contributed by atoms with Crippen LogP contribution in [0.4, 0.5) is 18.0 Å².